The van der Waals surface area contributed by atoms with E-state index in [1.54, 1.807) is 7.11 Å². The summed E-state index contributed by atoms with van der Waals surface area (Å²) in [7, 11) is 3.12. The largest absolute Gasteiger partial charge is 0.383 e. The van der Waals surface area contributed by atoms with Crippen LogP contribution in [0.15, 0.2) is 27.8 Å². The van der Waals surface area contributed by atoms with E-state index in [0.29, 0.717) is 11.3 Å². The highest BCUT2D eigenvalue weighted by Gasteiger charge is 2.40. The molecule has 1 fully saturated rings. The highest BCUT2D eigenvalue weighted by molar-refractivity contribution is 5.87. The molecule has 5 rings (SSSR count). The molecule has 1 saturated carbocycles. The maximum Gasteiger partial charge on any atom is 0.279 e. The lowest BCUT2D eigenvalue weighted by molar-refractivity contribution is -0.0178. The summed E-state index contributed by atoms with van der Waals surface area (Å²) in [4.78, 5) is 22.5. The van der Waals surface area contributed by atoms with Crippen molar-refractivity contribution in [3.8, 4) is 17.7 Å². The van der Waals surface area contributed by atoms with Crippen molar-refractivity contribution in [2.24, 2.45) is 0 Å². The fraction of sp³-hybridized carbons (Fsp3) is 0.409. The Morgan fingerprint density at radius 1 is 1.27 bits per heavy atom. The summed E-state index contributed by atoms with van der Waals surface area (Å²) < 4.78 is 33.6. The van der Waals surface area contributed by atoms with Crippen LogP contribution in [0.1, 0.15) is 37.1 Å². The predicted molar refractivity (Wildman–Crippen MR) is 114 cm³/mol. The average molecular weight is 452 g/mol. The van der Waals surface area contributed by atoms with E-state index in [9.17, 15) is 14.4 Å². The molecular formula is C22H21FN6O4. The molecule has 0 amide bonds. The molecule has 4 aromatic rings. The predicted octanol–water partition coefficient (Wildman–Crippen LogP) is 2.77. The number of nitrogens with zero attached hydrogens (tertiary/aromatic N) is 6. The van der Waals surface area contributed by atoms with Gasteiger partial charge in [-0.1, -0.05) is 5.16 Å². The van der Waals surface area contributed by atoms with E-state index < -0.39 is 17.0 Å². The quantitative estimate of drug-likeness (QED) is 0.438. The van der Waals surface area contributed by atoms with E-state index in [1.165, 1.54) is 34.5 Å². The molecule has 0 atom stereocenters. The molecule has 0 aliphatic heterocycles. The van der Waals surface area contributed by atoms with Gasteiger partial charge in [0.2, 0.25) is 5.82 Å². The molecule has 170 valence electrons. The van der Waals surface area contributed by atoms with Gasteiger partial charge in [-0.25, -0.2) is 9.37 Å². The van der Waals surface area contributed by atoms with Gasteiger partial charge in [0.25, 0.3) is 11.4 Å². The number of rotatable bonds is 6. The maximum absolute atomic E-state index is 14.4. The van der Waals surface area contributed by atoms with Crippen LogP contribution in [0.2, 0.25) is 0 Å². The first-order chi connectivity index (χ1) is 16.0. The van der Waals surface area contributed by atoms with Crippen molar-refractivity contribution in [2.45, 2.75) is 37.8 Å². The second-order valence-electron chi connectivity index (χ2n) is 7.99. The van der Waals surface area contributed by atoms with Gasteiger partial charge < -0.3 is 18.6 Å². The van der Waals surface area contributed by atoms with Gasteiger partial charge >= 0.3 is 0 Å². The van der Waals surface area contributed by atoms with Gasteiger partial charge in [0.15, 0.2) is 5.69 Å². The molecule has 0 spiro atoms. The van der Waals surface area contributed by atoms with Gasteiger partial charge in [0, 0.05) is 20.8 Å². The third-order valence-corrected chi connectivity index (χ3v) is 6.32. The van der Waals surface area contributed by atoms with Crippen LogP contribution >= 0.6 is 0 Å². The van der Waals surface area contributed by atoms with E-state index in [-0.39, 0.29) is 41.3 Å². The number of fused-ring (bicyclic) bond motifs is 3. The molecule has 11 heteroatoms. The first-order valence-corrected chi connectivity index (χ1v) is 10.6. The molecule has 1 aliphatic carbocycles. The fourth-order valence-electron chi connectivity index (χ4n) is 4.62. The number of imidazole rings is 1. The number of methoxy groups -OCH3 is 2. The number of hydrogen-bond donors (Lipinski definition) is 0. The van der Waals surface area contributed by atoms with Gasteiger partial charge in [-0.05, 0) is 37.8 Å². The van der Waals surface area contributed by atoms with E-state index in [2.05, 4.69) is 15.1 Å². The minimum absolute atomic E-state index is 0.0909. The van der Waals surface area contributed by atoms with Crippen molar-refractivity contribution in [3.63, 3.8) is 0 Å². The Balaban J connectivity index is 1.76. The Labute approximate surface area is 187 Å². The zero-order valence-corrected chi connectivity index (χ0v) is 18.2. The minimum atomic E-state index is -0.710. The summed E-state index contributed by atoms with van der Waals surface area (Å²) in [6.45, 7) is 0.310. The molecule has 3 heterocycles. The van der Waals surface area contributed by atoms with Crippen LogP contribution in [0.5, 0.6) is 0 Å². The van der Waals surface area contributed by atoms with Crippen LogP contribution < -0.4 is 5.56 Å². The Kier molecular flexibility index (Phi) is 5.19. The lowest BCUT2D eigenvalue weighted by atomic mass is 10.0. The van der Waals surface area contributed by atoms with E-state index in [4.69, 9.17) is 14.0 Å². The molecule has 0 bridgehead atoms. The van der Waals surface area contributed by atoms with Gasteiger partial charge in [-0.15, -0.1) is 0 Å². The van der Waals surface area contributed by atoms with Gasteiger partial charge in [0.05, 0.1) is 17.6 Å². The first-order valence-electron chi connectivity index (χ1n) is 10.6. The number of hydrogen-bond acceptors (Lipinski definition) is 8. The lowest BCUT2D eigenvalue weighted by Gasteiger charge is -2.22. The van der Waals surface area contributed by atoms with Crippen LogP contribution in [0.4, 0.5) is 4.39 Å². The van der Waals surface area contributed by atoms with Crippen molar-refractivity contribution in [3.05, 3.63) is 46.0 Å². The normalized spacial score (nSPS) is 15.5. The fourth-order valence-corrected chi connectivity index (χ4v) is 4.62. The van der Waals surface area contributed by atoms with E-state index in [0.717, 1.165) is 25.7 Å². The van der Waals surface area contributed by atoms with Crippen LogP contribution in [0, 0.1) is 17.1 Å². The summed E-state index contributed by atoms with van der Waals surface area (Å²) in [5.41, 5.74) is -0.298. The van der Waals surface area contributed by atoms with Crippen molar-refractivity contribution < 1.29 is 18.4 Å². The Bertz CT molecular complexity index is 1460. The first kappa shape index (κ1) is 21.2. The van der Waals surface area contributed by atoms with Crippen LogP contribution in [-0.4, -0.2) is 44.9 Å². The van der Waals surface area contributed by atoms with Crippen LogP contribution in [0.25, 0.3) is 28.1 Å². The van der Waals surface area contributed by atoms with Gasteiger partial charge in [0.1, 0.15) is 34.9 Å². The summed E-state index contributed by atoms with van der Waals surface area (Å²) in [6.07, 6.45) is 4.99. The average Bonchev–Trinajstić information content (AvgIpc) is 3.58. The van der Waals surface area contributed by atoms with E-state index in [1.807, 2.05) is 6.07 Å². The standard InChI is InChI=1S/C22H21FN6O4/c1-31-10-9-28-17-13(11-24)14(23)5-6-15(17)29-12-25-16(18(29)20(28)30)19-26-21(27-33-19)22(32-2)7-3-4-8-22/h5-6,12H,3-4,7-10H2,1-2H3. The molecule has 0 unspecified atom stereocenters. The molecule has 0 radical (unpaired) electrons. The topological polar surface area (TPSA) is 120 Å². The number of halogens is 1. The number of aromatic nitrogens is 5. The second-order valence-corrected chi connectivity index (χ2v) is 7.99. The lowest BCUT2D eigenvalue weighted by Crippen LogP contribution is -2.26. The third-order valence-electron chi connectivity index (χ3n) is 6.32. The van der Waals surface area contributed by atoms with Crippen molar-refractivity contribution >= 4 is 16.6 Å². The van der Waals surface area contributed by atoms with Crippen LogP contribution in [0.3, 0.4) is 0 Å². The van der Waals surface area contributed by atoms with Gasteiger partial charge in [-0.2, -0.15) is 10.2 Å². The zero-order valence-electron chi connectivity index (χ0n) is 18.2. The van der Waals surface area contributed by atoms with E-state index >= 15 is 0 Å². The summed E-state index contributed by atoms with van der Waals surface area (Å²) in [5.74, 6) is -0.195. The smallest absolute Gasteiger partial charge is 0.279 e. The Morgan fingerprint density at radius 3 is 2.76 bits per heavy atom. The summed E-state index contributed by atoms with van der Waals surface area (Å²) in [6, 6.07) is 4.56. The molecule has 1 aliphatic rings. The van der Waals surface area contributed by atoms with Crippen molar-refractivity contribution in [1.29, 1.82) is 5.26 Å². The van der Waals surface area contributed by atoms with Crippen molar-refractivity contribution in [2.75, 3.05) is 20.8 Å². The summed E-state index contributed by atoms with van der Waals surface area (Å²) in [5, 5.41) is 13.7. The summed E-state index contributed by atoms with van der Waals surface area (Å²) >= 11 is 0. The number of benzene rings is 1. The molecule has 10 nitrogen and oxygen atoms in total. The number of nitriles is 1. The SMILES string of the molecule is COCCn1c(=O)c2c(-c3nc(C4(OC)CCCC4)no3)ncn2c2ccc(F)c(C#N)c21. The Hall–Kier alpha value is -3.62. The zero-order chi connectivity index (χ0) is 23.2. The second kappa shape index (κ2) is 8.06. The van der Waals surface area contributed by atoms with Crippen LogP contribution in [-0.2, 0) is 21.6 Å². The highest BCUT2D eigenvalue weighted by Crippen LogP contribution is 2.40. The molecular weight excluding hydrogens is 431 g/mol. The third kappa shape index (κ3) is 3.13. The molecule has 3 aromatic heterocycles. The monoisotopic (exact) mass is 452 g/mol. The van der Waals surface area contributed by atoms with Crippen molar-refractivity contribution in [1.82, 2.24) is 24.1 Å². The molecule has 1 aromatic carbocycles. The molecule has 0 saturated heterocycles. The minimum Gasteiger partial charge on any atom is -0.383 e. The number of ether oxygens (including phenoxy) is 2. The Morgan fingerprint density at radius 2 is 2.06 bits per heavy atom. The van der Waals surface area contributed by atoms with Gasteiger partial charge in [-0.3, -0.25) is 9.20 Å². The highest BCUT2D eigenvalue weighted by atomic mass is 19.1. The maximum atomic E-state index is 14.4. The molecule has 0 N–H and O–H groups in total. The molecule has 33 heavy (non-hydrogen) atoms.